The molecular weight excluding hydrogens is 795 g/mol. The fraction of sp³-hybridized carbons (Fsp3) is 0.743. The first kappa shape index (κ1) is 52.6. The van der Waals surface area contributed by atoms with E-state index in [1.54, 1.807) is 12.5 Å². The van der Waals surface area contributed by atoms with Crippen molar-refractivity contribution in [2.75, 3.05) is 95.2 Å². The Morgan fingerprint density at radius 3 is 1.75 bits per heavy atom. The van der Waals surface area contributed by atoms with Gasteiger partial charge in [0.1, 0.15) is 18.4 Å². The minimum Gasteiger partial charge on any atom is -0.481 e. The lowest BCUT2D eigenvalue weighted by atomic mass is 9.97. The van der Waals surface area contributed by atoms with Crippen LogP contribution in [0.4, 0.5) is 0 Å². The van der Waals surface area contributed by atoms with Crippen LogP contribution in [0.1, 0.15) is 57.8 Å². The number of carboxylic acid groups (broad SMARTS) is 2. The van der Waals surface area contributed by atoms with E-state index in [1.165, 1.54) is 40.2 Å². The third-order valence-corrected chi connectivity index (χ3v) is 9.42. The zero-order valence-electron chi connectivity index (χ0n) is 32.6. The highest BCUT2D eigenvalue weighted by molar-refractivity contribution is 7.99. The Hall–Kier alpha value is -3.40. The molecule has 0 saturated carbocycles. The monoisotopic (exact) mass is 853 g/mol. The SMILES string of the molecule is CSCC(=O)CCCCC(=O)NCCOCCOCC(=O)C[C@@H](CCC(=O)N[C@@H](CCC(=O)O)C(=O)N(CCNC(=O)CSC)CCNC(=O)CSC)C(=O)O. The van der Waals surface area contributed by atoms with Crippen molar-refractivity contribution in [1.82, 2.24) is 26.2 Å². The lowest BCUT2D eigenvalue weighted by molar-refractivity contribution is -0.145. The maximum absolute atomic E-state index is 13.6. The van der Waals surface area contributed by atoms with Crippen molar-refractivity contribution in [2.45, 2.75) is 63.8 Å². The molecule has 0 bridgehead atoms. The van der Waals surface area contributed by atoms with Gasteiger partial charge in [-0.15, -0.1) is 0 Å². The first-order chi connectivity index (χ1) is 26.7. The van der Waals surface area contributed by atoms with E-state index in [0.29, 0.717) is 31.4 Å². The van der Waals surface area contributed by atoms with Crippen LogP contribution >= 0.6 is 35.3 Å². The highest BCUT2D eigenvalue weighted by atomic mass is 32.2. The molecule has 0 aromatic rings. The lowest BCUT2D eigenvalue weighted by Gasteiger charge is -2.28. The van der Waals surface area contributed by atoms with Crippen molar-refractivity contribution in [3.8, 4) is 0 Å². The van der Waals surface area contributed by atoms with Crippen molar-refractivity contribution >= 4 is 88.3 Å². The number of unbranched alkanes of at least 4 members (excludes halogenated alkanes) is 1. The largest absolute Gasteiger partial charge is 0.481 e. The summed E-state index contributed by atoms with van der Waals surface area (Å²) < 4.78 is 10.7. The summed E-state index contributed by atoms with van der Waals surface area (Å²) in [6, 6.07) is -1.29. The molecule has 0 heterocycles. The number of Topliss-reactive ketones (excluding diaryl/α,β-unsaturated/α-hetero) is 2. The van der Waals surface area contributed by atoms with Crippen molar-refractivity contribution < 1.29 is 62.8 Å². The average Bonchev–Trinajstić information content (AvgIpc) is 3.13. The Kier molecular flexibility index (Phi) is 31.7. The van der Waals surface area contributed by atoms with Gasteiger partial charge in [0.15, 0.2) is 5.78 Å². The molecular formula is C35H59N5O13S3. The van der Waals surface area contributed by atoms with E-state index >= 15 is 0 Å². The second-order valence-electron chi connectivity index (χ2n) is 12.5. The molecule has 0 spiro atoms. The number of carbonyl (C=O) groups is 9. The molecule has 0 aliphatic rings. The number of carbonyl (C=O) groups excluding carboxylic acids is 7. The maximum atomic E-state index is 13.6. The van der Waals surface area contributed by atoms with E-state index < -0.39 is 54.3 Å². The molecule has 18 nitrogen and oxygen atoms in total. The van der Waals surface area contributed by atoms with Crippen LogP contribution in [0.5, 0.6) is 0 Å². The van der Waals surface area contributed by atoms with Crippen LogP contribution in [0.3, 0.4) is 0 Å². The summed E-state index contributed by atoms with van der Waals surface area (Å²) in [6.45, 7) is 0.439. The first-order valence-electron chi connectivity index (χ1n) is 18.2. The number of ether oxygens (including phenoxy) is 2. The highest BCUT2D eigenvalue weighted by Gasteiger charge is 2.28. The van der Waals surface area contributed by atoms with E-state index in [0.717, 1.165) is 0 Å². The van der Waals surface area contributed by atoms with Crippen LogP contribution in [-0.2, 0) is 52.6 Å². The Labute approximate surface area is 341 Å². The minimum atomic E-state index is -1.31. The Bertz CT molecular complexity index is 1240. The quantitative estimate of drug-likeness (QED) is 0.0460. The topological polar surface area (TPSA) is 264 Å². The Morgan fingerprint density at radius 1 is 0.607 bits per heavy atom. The number of nitrogens with zero attached hydrogens (tertiary/aromatic N) is 1. The third-order valence-electron chi connectivity index (χ3n) is 7.71. The fourth-order valence-corrected chi connectivity index (χ4v) is 6.11. The predicted octanol–water partition coefficient (Wildman–Crippen LogP) is 0.205. The van der Waals surface area contributed by atoms with Crippen molar-refractivity contribution in [3.63, 3.8) is 0 Å². The Balaban J connectivity index is 4.89. The minimum absolute atomic E-state index is 0.0107. The molecule has 2 atom stereocenters. The van der Waals surface area contributed by atoms with Gasteiger partial charge in [-0.3, -0.25) is 43.2 Å². The summed E-state index contributed by atoms with van der Waals surface area (Å²) in [6.07, 6.45) is 5.66. The zero-order chi connectivity index (χ0) is 42.1. The molecule has 0 aliphatic heterocycles. The van der Waals surface area contributed by atoms with Crippen LogP contribution in [0.2, 0.25) is 0 Å². The summed E-state index contributed by atoms with van der Waals surface area (Å²) >= 11 is 4.10. The highest BCUT2D eigenvalue weighted by Crippen LogP contribution is 2.14. The molecule has 5 amide bonds. The number of carboxylic acids is 2. The number of nitrogens with one attached hydrogen (secondary N) is 4. The number of aliphatic carboxylic acids is 2. The summed E-state index contributed by atoms with van der Waals surface area (Å²) in [5.74, 6) is -5.22. The molecule has 320 valence electrons. The van der Waals surface area contributed by atoms with Gasteiger partial charge in [0, 0.05) is 64.8 Å². The summed E-state index contributed by atoms with van der Waals surface area (Å²) in [4.78, 5) is 111. The van der Waals surface area contributed by atoms with E-state index in [2.05, 4.69) is 21.3 Å². The number of rotatable bonds is 36. The van der Waals surface area contributed by atoms with Gasteiger partial charge < -0.3 is 45.9 Å². The van der Waals surface area contributed by atoms with E-state index in [4.69, 9.17) is 9.47 Å². The summed E-state index contributed by atoms with van der Waals surface area (Å²) in [5, 5.41) is 29.5. The third kappa shape index (κ3) is 28.9. The van der Waals surface area contributed by atoms with Gasteiger partial charge >= 0.3 is 11.9 Å². The smallest absolute Gasteiger partial charge is 0.306 e. The lowest BCUT2D eigenvalue weighted by Crippen LogP contribution is -2.52. The zero-order valence-corrected chi connectivity index (χ0v) is 35.0. The van der Waals surface area contributed by atoms with Crippen molar-refractivity contribution in [3.05, 3.63) is 0 Å². The molecule has 0 aromatic carbocycles. The second-order valence-corrected chi connectivity index (χ2v) is 15.1. The van der Waals surface area contributed by atoms with Crippen LogP contribution < -0.4 is 21.3 Å². The van der Waals surface area contributed by atoms with E-state index in [9.17, 15) is 53.4 Å². The molecule has 0 fully saturated rings. The van der Waals surface area contributed by atoms with Gasteiger partial charge in [-0.2, -0.15) is 35.3 Å². The van der Waals surface area contributed by atoms with Crippen LogP contribution in [-0.4, -0.2) is 169 Å². The second kappa shape index (κ2) is 33.7. The Morgan fingerprint density at radius 2 is 1.18 bits per heavy atom. The number of ketones is 2. The summed E-state index contributed by atoms with van der Waals surface area (Å²) in [7, 11) is 0. The van der Waals surface area contributed by atoms with Crippen LogP contribution in [0, 0.1) is 5.92 Å². The molecule has 0 aromatic heterocycles. The molecule has 0 saturated heterocycles. The van der Waals surface area contributed by atoms with Crippen molar-refractivity contribution in [1.29, 1.82) is 0 Å². The number of thioether (sulfide) groups is 3. The molecule has 6 N–H and O–H groups in total. The van der Waals surface area contributed by atoms with E-state index in [-0.39, 0.29) is 113 Å². The van der Waals surface area contributed by atoms with Gasteiger partial charge in [-0.1, -0.05) is 0 Å². The fourth-order valence-electron chi connectivity index (χ4n) is 4.92. The van der Waals surface area contributed by atoms with Gasteiger partial charge in [-0.05, 0) is 44.5 Å². The van der Waals surface area contributed by atoms with Crippen LogP contribution in [0.25, 0.3) is 0 Å². The van der Waals surface area contributed by atoms with E-state index in [1.807, 2.05) is 6.26 Å². The number of hydrogen-bond acceptors (Lipinski definition) is 14. The molecule has 0 unspecified atom stereocenters. The maximum Gasteiger partial charge on any atom is 0.306 e. The predicted molar refractivity (Wildman–Crippen MR) is 215 cm³/mol. The average molecular weight is 854 g/mol. The standard InChI is InChI=1S/C35H59N5O13S3/c1-54-22-26(41)6-4-5-7-29(43)38-14-17-52-18-19-53-21-27(42)20-25(35(50)51)8-10-30(44)39-28(9-11-33(47)48)34(49)40(15-12-36-31(45)23-55-2)16-13-37-32(46)24-56-3/h25,28H,4-24H2,1-3H3,(H,36,45)(H,37,46)(H,38,43)(H,39,44)(H,47,48)(H,50,51)/t25-,28+/m1/s1. The van der Waals surface area contributed by atoms with Crippen molar-refractivity contribution in [2.24, 2.45) is 5.92 Å². The molecule has 21 heteroatoms. The molecule has 0 radical (unpaired) electrons. The number of hydrogen-bond donors (Lipinski definition) is 6. The first-order valence-corrected chi connectivity index (χ1v) is 22.4. The van der Waals surface area contributed by atoms with Gasteiger partial charge in [0.2, 0.25) is 29.5 Å². The molecule has 0 aliphatic carbocycles. The van der Waals surface area contributed by atoms with Gasteiger partial charge in [0.25, 0.3) is 0 Å². The molecule has 0 rings (SSSR count). The summed E-state index contributed by atoms with van der Waals surface area (Å²) in [5.41, 5.74) is 0. The van der Waals surface area contributed by atoms with Gasteiger partial charge in [-0.25, -0.2) is 0 Å². The van der Waals surface area contributed by atoms with Gasteiger partial charge in [0.05, 0.1) is 43.0 Å². The van der Waals surface area contributed by atoms with Crippen LogP contribution in [0.15, 0.2) is 0 Å². The molecule has 56 heavy (non-hydrogen) atoms. The number of amides is 5. The normalized spacial score (nSPS) is 11.8.